The summed E-state index contributed by atoms with van der Waals surface area (Å²) in [6, 6.07) is 12.5. The van der Waals surface area contributed by atoms with Gasteiger partial charge < -0.3 is 15.2 Å². The summed E-state index contributed by atoms with van der Waals surface area (Å²) < 4.78 is 25.1. The number of methoxy groups -OCH3 is 1. The zero-order valence-electron chi connectivity index (χ0n) is 13.0. The molecule has 1 atom stereocenters. The number of nitrogens with two attached hydrogens (primary N) is 1. The summed E-state index contributed by atoms with van der Waals surface area (Å²) in [6.45, 7) is 2.83. The Morgan fingerprint density at radius 1 is 1.14 bits per heavy atom. The molecule has 3 nitrogen and oxygen atoms in total. The average Bonchev–Trinajstić information content (AvgIpc) is 2.54. The van der Waals surface area contributed by atoms with Gasteiger partial charge in [-0.05, 0) is 43.1 Å². The lowest BCUT2D eigenvalue weighted by Gasteiger charge is -2.19. The molecule has 0 spiro atoms. The van der Waals surface area contributed by atoms with Crippen molar-refractivity contribution in [3.63, 3.8) is 0 Å². The van der Waals surface area contributed by atoms with Crippen LogP contribution in [0.5, 0.6) is 11.5 Å². The highest BCUT2D eigenvalue weighted by Gasteiger charge is 2.18. The number of hydrogen-bond acceptors (Lipinski definition) is 3. The standard InChI is InChI=1S/C18H22FNO2/c1-3-22-18-13(7-6-10-17(18)21-2)11-14(12-20)15-8-4-5-9-16(15)19/h4-10,14H,3,11-12,20H2,1-2H3. The van der Waals surface area contributed by atoms with Gasteiger partial charge in [0.2, 0.25) is 0 Å². The molecule has 0 saturated carbocycles. The van der Waals surface area contributed by atoms with Crippen LogP contribution in [0.2, 0.25) is 0 Å². The molecule has 2 aromatic rings. The summed E-state index contributed by atoms with van der Waals surface area (Å²) in [4.78, 5) is 0. The van der Waals surface area contributed by atoms with Crippen LogP contribution in [0.1, 0.15) is 24.0 Å². The predicted molar refractivity (Wildman–Crippen MR) is 86.1 cm³/mol. The Labute approximate surface area is 130 Å². The quantitative estimate of drug-likeness (QED) is 0.851. The minimum absolute atomic E-state index is 0.104. The van der Waals surface area contributed by atoms with Crippen molar-refractivity contribution < 1.29 is 13.9 Å². The molecule has 0 amide bonds. The second-order valence-electron chi connectivity index (χ2n) is 5.04. The van der Waals surface area contributed by atoms with Gasteiger partial charge in [-0.25, -0.2) is 4.39 Å². The normalized spacial score (nSPS) is 12.0. The van der Waals surface area contributed by atoms with E-state index in [2.05, 4.69) is 0 Å². The molecule has 2 N–H and O–H groups in total. The van der Waals surface area contributed by atoms with Crippen LogP contribution < -0.4 is 15.2 Å². The van der Waals surface area contributed by atoms with Gasteiger partial charge in [-0.3, -0.25) is 0 Å². The van der Waals surface area contributed by atoms with E-state index in [1.165, 1.54) is 6.07 Å². The van der Waals surface area contributed by atoms with Gasteiger partial charge >= 0.3 is 0 Å². The van der Waals surface area contributed by atoms with E-state index in [1.54, 1.807) is 19.2 Å². The molecule has 0 aliphatic carbocycles. The molecule has 0 heterocycles. The van der Waals surface area contributed by atoms with Crippen LogP contribution in [0.4, 0.5) is 4.39 Å². The van der Waals surface area contributed by atoms with Gasteiger partial charge in [0, 0.05) is 5.92 Å². The SMILES string of the molecule is CCOc1c(CC(CN)c2ccccc2F)cccc1OC. The van der Waals surface area contributed by atoms with Crippen molar-refractivity contribution in [2.75, 3.05) is 20.3 Å². The Balaban J connectivity index is 2.34. The van der Waals surface area contributed by atoms with E-state index in [4.69, 9.17) is 15.2 Å². The van der Waals surface area contributed by atoms with Crippen LogP contribution in [0, 0.1) is 5.82 Å². The van der Waals surface area contributed by atoms with Gasteiger partial charge in [-0.1, -0.05) is 30.3 Å². The molecule has 2 rings (SSSR count). The fourth-order valence-corrected chi connectivity index (χ4v) is 2.58. The lowest BCUT2D eigenvalue weighted by molar-refractivity contribution is 0.307. The molecule has 0 aliphatic heterocycles. The highest BCUT2D eigenvalue weighted by molar-refractivity contribution is 5.47. The molecule has 22 heavy (non-hydrogen) atoms. The fourth-order valence-electron chi connectivity index (χ4n) is 2.58. The van der Waals surface area contributed by atoms with E-state index in [1.807, 2.05) is 31.2 Å². The number of ether oxygens (including phenoxy) is 2. The fraction of sp³-hybridized carbons (Fsp3) is 0.333. The molecule has 0 aromatic heterocycles. The van der Waals surface area contributed by atoms with Crippen molar-refractivity contribution in [2.45, 2.75) is 19.3 Å². The zero-order valence-corrected chi connectivity index (χ0v) is 13.0. The molecule has 2 aromatic carbocycles. The molecule has 0 fully saturated rings. The zero-order chi connectivity index (χ0) is 15.9. The van der Waals surface area contributed by atoms with Crippen LogP contribution >= 0.6 is 0 Å². The van der Waals surface area contributed by atoms with Gasteiger partial charge in [0.1, 0.15) is 5.82 Å². The van der Waals surface area contributed by atoms with Gasteiger partial charge in [-0.15, -0.1) is 0 Å². The Bertz CT molecular complexity index is 616. The minimum Gasteiger partial charge on any atom is -0.493 e. The van der Waals surface area contributed by atoms with Gasteiger partial charge in [0.05, 0.1) is 13.7 Å². The number of benzene rings is 2. The van der Waals surface area contributed by atoms with Crippen molar-refractivity contribution in [3.05, 3.63) is 59.4 Å². The first-order valence-electron chi connectivity index (χ1n) is 7.44. The maximum Gasteiger partial charge on any atom is 0.164 e. The van der Waals surface area contributed by atoms with E-state index in [-0.39, 0.29) is 11.7 Å². The molecular formula is C18H22FNO2. The van der Waals surface area contributed by atoms with Crippen LogP contribution in [-0.2, 0) is 6.42 Å². The highest BCUT2D eigenvalue weighted by Crippen LogP contribution is 2.34. The Hall–Kier alpha value is -2.07. The first-order valence-corrected chi connectivity index (χ1v) is 7.44. The smallest absolute Gasteiger partial charge is 0.164 e. The summed E-state index contributed by atoms with van der Waals surface area (Å²) in [7, 11) is 1.61. The van der Waals surface area contributed by atoms with E-state index in [0.29, 0.717) is 36.6 Å². The molecule has 0 bridgehead atoms. The Morgan fingerprint density at radius 3 is 2.55 bits per heavy atom. The molecule has 4 heteroatoms. The molecule has 0 radical (unpaired) electrons. The number of rotatable bonds is 7. The summed E-state index contributed by atoms with van der Waals surface area (Å²) in [5.74, 6) is 1.07. The minimum atomic E-state index is -0.223. The van der Waals surface area contributed by atoms with Crippen molar-refractivity contribution in [1.82, 2.24) is 0 Å². The summed E-state index contributed by atoms with van der Waals surface area (Å²) in [6.07, 6.45) is 0.601. The second-order valence-corrected chi connectivity index (χ2v) is 5.04. The van der Waals surface area contributed by atoms with E-state index in [9.17, 15) is 4.39 Å². The number of hydrogen-bond donors (Lipinski definition) is 1. The molecule has 1 unspecified atom stereocenters. The first-order chi connectivity index (χ1) is 10.7. The average molecular weight is 303 g/mol. The van der Waals surface area contributed by atoms with Crippen molar-refractivity contribution in [2.24, 2.45) is 5.73 Å². The maximum atomic E-state index is 14.0. The predicted octanol–water partition coefficient (Wildman–Crippen LogP) is 3.52. The summed E-state index contributed by atoms with van der Waals surface area (Å²) >= 11 is 0. The monoisotopic (exact) mass is 303 g/mol. The first kappa shape index (κ1) is 16.3. The lowest BCUT2D eigenvalue weighted by Crippen LogP contribution is -2.17. The van der Waals surface area contributed by atoms with Crippen LogP contribution in [0.25, 0.3) is 0 Å². The third-order valence-corrected chi connectivity index (χ3v) is 3.66. The largest absolute Gasteiger partial charge is 0.493 e. The van der Waals surface area contributed by atoms with Crippen molar-refractivity contribution in [1.29, 1.82) is 0 Å². The van der Waals surface area contributed by atoms with Gasteiger partial charge in [0.25, 0.3) is 0 Å². The molecule has 0 saturated heterocycles. The lowest BCUT2D eigenvalue weighted by atomic mass is 9.91. The highest BCUT2D eigenvalue weighted by atomic mass is 19.1. The van der Waals surface area contributed by atoms with Crippen LogP contribution in [-0.4, -0.2) is 20.3 Å². The second kappa shape index (κ2) is 7.80. The van der Waals surface area contributed by atoms with Gasteiger partial charge in [-0.2, -0.15) is 0 Å². The van der Waals surface area contributed by atoms with Crippen LogP contribution in [0.15, 0.2) is 42.5 Å². The summed E-state index contributed by atoms with van der Waals surface area (Å²) in [5, 5.41) is 0. The number of para-hydroxylation sites is 1. The van der Waals surface area contributed by atoms with Crippen LogP contribution in [0.3, 0.4) is 0 Å². The molecular weight excluding hydrogens is 281 g/mol. The van der Waals surface area contributed by atoms with E-state index in [0.717, 1.165) is 5.56 Å². The molecule has 0 aliphatic rings. The van der Waals surface area contributed by atoms with Crippen molar-refractivity contribution in [3.8, 4) is 11.5 Å². The van der Waals surface area contributed by atoms with E-state index >= 15 is 0 Å². The molecule has 118 valence electrons. The topological polar surface area (TPSA) is 44.5 Å². The number of halogens is 1. The third-order valence-electron chi connectivity index (χ3n) is 3.66. The Morgan fingerprint density at radius 2 is 1.91 bits per heavy atom. The van der Waals surface area contributed by atoms with E-state index < -0.39 is 0 Å². The summed E-state index contributed by atoms with van der Waals surface area (Å²) in [5.41, 5.74) is 7.48. The van der Waals surface area contributed by atoms with Gasteiger partial charge in [0.15, 0.2) is 11.5 Å². The maximum absolute atomic E-state index is 14.0. The Kier molecular flexibility index (Phi) is 5.78. The van der Waals surface area contributed by atoms with Crippen molar-refractivity contribution >= 4 is 0 Å². The third kappa shape index (κ3) is 3.57.